The van der Waals surface area contributed by atoms with Crippen molar-refractivity contribution in [3.05, 3.63) is 58.1 Å². The van der Waals surface area contributed by atoms with Gasteiger partial charge in [-0.2, -0.15) is 4.31 Å². The molecule has 0 saturated heterocycles. The molecule has 0 aromatic heterocycles. The molecule has 0 bridgehead atoms. The van der Waals surface area contributed by atoms with Crippen LogP contribution in [-0.4, -0.2) is 49.8 Å². The number of hydrogen-bond donors (Lipinski definition) is 0. The van der Waals surface area contributed by atoms with Gasteiger partial charge in [-0.05, 0) is 42.3 Å². The fourth-order valence-electron chi connectivity index (χ4n) is 3.40. The van der Waals surface area contributed by atoms with E-state index in [1.165, 1.54) is 34.6 Å². The van der Waals surface area contributed by atoms with Gasteiger partial charge in [0.05, 0.1) is 9.82 Å². The van der Waals surface area contributed by atoms with E-state index in [4.69, 9.17) is 4.74 Å². The number of fused-ring (bicyclic) bond motifs is 1. The van der Waals surface area contributed by atoms with E-state index in [1.807, 2.05) is 0 Å². The summed E-state index contributed by atoms with van der Waals surface area (Å²) in [5, 5.41) is 10.7. The first-order chi connectivity index (χ1) is 14.3. The van der Waals surface area contributed by atoms with Crippen molar-refractivity contribution in [2.45, 2.75) is 25.2 Å². The summed E-state index contributed by atoms with van der Waals surface area (Å²) in [5.74, 6) is 0.0838. The predicted molar refractivity (Wildman–Crippen MR) is 111 cm³/mol. The average Bonchev–Trinajstić information content (AvgIpc) is 3.16. The Morgan fingerprint density at radius 3 is 2.43 bits per heavy atom. The van der Waals surface area contributed by atoms with Crippen molar-refractivity contribution in [2.24, 2.45) is 0 Å². The zero-order chi connectivity index (χ0) is 21.9. The third-order valence-electron chi connectivity index (χ3n) is 5.00. The van der Waals surface area contributed by atoms with Crippen molar-refractivity contribution in [3.8, 4) is 5.75 Å². The lowest BCUT2D eigenvalue weighted by Gasteiger charge is -2.20. The molecule has 2 aromatic rings. The van der Waals surface area contributed by atoms with Gasteiger partial charge in [0.25, 0.3) is 11.6 Å². The SMILES string of the molecule is CCN(CC)S(=O)(=O)c1ccc2c(c1)CCN2C(=O)COc1ccc([N+](=O)[O-])cc1. The minimum absolute atomic E-state index is 0.0578. The van der Waals surface area contributed by atoms with Crippen molar-refractivity contribution in [2.75, 3.05) is 31.1 Å². The maximum Gasteiger partial charge on any atom is 0.269 e. The van der Waals surface area contributed by atoms with Gasteiger partial charge in [0.2, 0.25) is 10.0 Å². The number of carbonyl (C=O) groups excluding carboxylic acids is 1. The molecule has 0 fully saturated rings. The number of nitro benzene ring substituents is 1. The number of non-ortho nitro benzene ring substituents is 1. The summed E-state index contributed by atoms with van der Waals surface area (Å²) in [6.07, 6.45) is 0.556. The Morgan fingerprint density at radius 2 is 1.83 bits per heavy atom. The summed E-state index contributed by atoms with van der Waals surface area (Å²) in [5.41, 5.74) is 1.41. The fraction of sp³-hybridized carbons (Fsp3) is 0.350. The molecule has 0 radical (unpaired) electrons. The number of ether oxygens (including phenoxy) is 1. The van der Waals surface area contributed by atoms with Crippen LogP contribution in [0.1, 0.15) is 19.4 Å². The van der Waals surface area contributed by atoms with Crippen LogP contribution in [0, 0.1) is 10.1 Å². The van der Waals surface area contributed by atoms with Crippen LogP contribution in [0.25, 0.3) is 0 Å². The monoisotopic (exact) mass is 433 g/mol. The lowest BCUT2D eigenvalue weighted by atomic mass is 10.2. The zero-order valence-electron chi connectivity index (χ0n) is 16.8. The largest absolute Gasteiger partial charge is 0.484 e. The number of carbonyl (C=O) groups is 1. The Morgan fingerprint density at radius 1 is 1.17 bits per heavy atom. The first-order valence-corrected chi connectivity index (χ1v) is 11.0. The van der Waals surface area contributed by atoms with Crippen LogP contribution in [0.4, 0.5) is 11.4 Å². The van der Waals surface area contributed by atoms with Crippen molar-refractivity contribution in [1.29, 1.82) is 0 Å². The Labute approximate surface area is 175 Å². The summed E-state index contributed by atoms with van der Waals surface area (Å²) >= 11 is 0. The van der Waals surface area contributed by atoms with Crippen LogP contribution in [0.2, 0.25) is 0 Å². The maximum atomic E-state index is 12.7. The topological polar surface area (TPSA) is 110 Å². The summed E-state index contributed by atoms with van der Waals surface area (Å²) < 4.78 is 32.3. The highest BCUT2D eigenvalue weighted by atomic mass is 32.2. The van der Waals surface area contributed by atoms with Gasteiger partial charge in [-0.15, -0.1) is 0 Å². The van der Waals surface area contributed by atoms with Gasteiger partial charge in [0, 0.05) is 37.5 Å². The molecule has 0 saturated carbocycles. The second-order valence-electron chi connectivity index (χ2n) is 6.71. The fourth-order valence-corrected chi connectivity index (χ4v) is 4.91. The summed E-state index contributed by atoms with van der Waals surface area (Å²) in [6, 6.07) is 10.3. The molecular weight excluding hydrogens is 410 g/mol. The van der Waals surface area contributed by atoms with E-state index in [-0.39, 0.29) is 23.1 Å². The van der Waals surface area contributed by atoms with Crippen LogP contribution in [0.3, 0.4) is 0 Å². The molecule has 0 unspecified atom stereocenters. The van der Waals surface area contributed by atoms with Gasteiger partial charge in [-0.3, -0.25) is 14.9 Å². The minimum Gasteiger partial charge on any atom is -0.484 e. The molecule has 160 valence electrons. The molecule has 2 aromatic carbocycles. The number of nitrogens with zero attached hydrogens (tertiary/aromatic N) is 3. The lowest BCUT2D eigenvalue weighted by Crippen LogP contribution is -2.33. The van der Waals surface area contributed by atoms with Gasteiger partial charge < -0.3 is 9.64 Å². The van der Waals surface area contributed by atoms with Crippen LogP contribution < -0.4 is 9.64 Å². The minimum atomic E-state index is -3.56. The first-order valence-electron chi connectivity index (χ1n) is 9.58. The molecular formula is C20H23N3O6S. The Kier molecular flexibility index (Phi) is 6.37. The number of anilines is 1. The van der Waals surface area contributed by atoms with E-state index >= 15 is 0 Å². The molecule has 0 atom stereocenters. The Balaban J connectivity index is 1.70. The number of benzene rings is 2. The van der Waals surface area contributed by atoms with Crippen molar-refractivity contribution in [3.63, 3.8) is 0 Å². The second-order valence-corrected chi connectivity index (χ2v) is 8.65. The third-order valence-corrected chi connectivity index (χ3v) is 7.05. The molecule has 1 aliphatic rings. The summed E-state index contributed by atoms with van der Waals surface area (Å²) in [7, 11) is -3.56. The van der Waals surface area contributed by atoms with Crippen molar-refractivity contribution >= 4 is 27.3 Å². The van der Waals surface area contributed by atoms with Crippen LogP contribution in [0.15, 0.2) is 47.4 Å². The molecule has 3 rings (SSSR count). The average molecular weight is 433 g/mol. The molecule has 9 nitrogen and oxygen atoms in total. The Hall–Kier alpha value is -2.98. The standard InChI is InChI=1S/C20H23N3O6S/c1-3-21(4-2)30(27,28)18-9-10-19-15(13-18)11-12-22(19)20(24)14-29-17-7-5-16(6-8-17)23(25)26/h5-10,13H,3-4,11-12,14H2,1-2H3. The van der Waals surface area contributed by atoms with Crippen LogP contribution >= 0.6 is 0 Å². The second kappa shape index (κ2) is 8.80. The van der Waals surface area contributed by atoms with Gasteiger partial charge >= 0.3 is 0 Å². The first kappa shape index (κ1) is 21.7. The summed E-state index contributed by atoms with van der Waals surface area (Å²) in [4.78, 5) is 24.6. The van der Waals surface area contributed by atoms with Gasteiger partial charge in [0.15, 0.2) is 6.61 Å². The van der Waals surface area contributed by atoms with E-state index in [2.05, 4.69) is 0 Å². The number of hydrogen-bond acceptors (Lipinski definition) is 6. The number of amides is 1. The van der Waals surface area contributed by atoms with Gasteiger partial charge in [-0.1, -0.05) is 13.8 Å². The van der Waals surface area contributed by atoms with Gasteiger partial charge in [-0.25, -0.2) is 8.42 Å². The third kappa shape index (κ3) is 4.29. The smallest absolute Gasteiger partial charge is 0.269 e. The normalized spacial score (nSPS) is 13.4. The zero-order valence-corrected chi connectivity index (χ0v) is 17.6. The number of nitro groups is 1. The number of sulfonamides is 1. The highest BCUT2D eigenvalue weighted by Crippen LogP contribution is 2.31. The number of rotatable bonds is 8. The molecule has 1 amide bonds. The molecule has 0 N–H and O–H groups in total. The molecule has 1 heterocycles. The van der Waals surface area contributed by atoms with Crippen LogP contribution in [0.5, 0.6) is 5.75 Å². The van der Waals surface area contributed by atoms with E-state index < -0.39 is 14.9 Å². The quantitative estimate of drug-likeness (QED) is 0.467. The van der Waals surface area contributed by atoms with Gasteiger partial charge in [0.1, 0.15) is 5.75 Å². The molecule has 10 heteroatoms. The highest BCUT2D eigenvalue weighted by molar-refractivity contribution is 7.89. The Bertz CT molecular complexity index is 1050. The lowest BCUT2D eigenvalue weighted by molar-refractivity contribution is -0.384. The predicted octanol–water partition coefficient (Wildman–Crippen LogP) is 2.59. The molecule has 0 aliphatic carbocycles. The molecule has 1 aliphatic heterocycles. The highest BCUT2D eigenvalue weighted by Gasteiger charge is 2.28. The maximum absolute atomic E-state index is 12.7. The summed E-state index contributed by atoms with van der Waals surface area (Å²) in [6.45, 7) is 4.57. The van der Waals surface area contributed by atoms with Crippen molar-refractivity contribution in [1.82, 2.24) is 4.31 Å². The molecule has 0 spiro atoms. The van der Waals surface area contributed by atoms with Crippen LogP contribution in [-0.2, 0) is 21.2 Å². The van der Waals surface area contributed by atoms with Crippen molar-refractivity contribution < 1.29 is 22.9 Å². The molecule has 30 heavy (non-hydrogen) atoms. The van der Waals surface area contributed by atoms with E-state index in [0.29, 0.717) is 37.5 Å². The van der Waals surface area contributed by atoms with E-state index in [0.717, 1.165) is 5.56 Å². The van der Waals surface area contributed by atoms with E-state index in [9.17, 15) is 23.3 Å². The van der Waals surface area contributed by atoms with E-state index in [1.54, 1.807) is 30.9 Å².